The van der Waals surface area contributed by atoms with Gasteiger partial charge < -0.3 is 9.84 Å². The molecule has 0 amide bonds. The molecule has 0 aliphatic heterocycles. The van der Waals surface area contributed by atoms with Gasteiger partial charge in [0.25, 0.3) is 0 Å². The maximum atomic E-state index is 10.3. The standard InChI is InChI=1S/C19H18O2/c1-14-5-4-8-18(11-14)21-13-19(20)17-10-9-15-6-2-3-7-16(15)12-17/h2-12,19-20H,13H2,1H3. The highest BCUT2D eigenvalue weighted by molar-refractivity contribution is 5.83. The zero-order valence-corrected chi connectivity index (χ0v) is 12.0. The lowest BCUT2D eigenvalue weighted by molar-refractivity contribution is 0.108. The summed E-state index contributed by atoms with van der Waals surface area (Å²) in [6, 6.07) is 22.0. The minimum Gasteiger partial charge on any atom is -0.491 e. The first kappa shape index (κ1) is 13.7. The van der Waals surface area contributed by atoms with E-state index in [1.807, 2.05) is 67.6 Å². The molecule has 3 aromatic carbocycles. The summed E-state index contributed by atoms with van der Waals surface area (Å²) < 4.78 is 5.67. The van der Waals surface area contributed by atoms with Crippen molar-refractivity contribution in [2.75, 3.05) is 6.61 Å². The highest BCUT2D eigenvalue weighted by atomic mass is 16.5. The van der Waals surface area contributed by atoms with E-state index < -0.39 is 6.10 Å². The van der Waals surface area contributed by atoms with Crippen LogP contribution in [0.2, 0.25) is 0 Å². The zero-order valence-electron chi connectivity index (χ0n) is 12.0. The van der Waals surface area contributed by atoms with E-state index >= 15 is 0 Å². The van der Waals surface area contributed by atoms with E-state index in [9.17, 15) is 5.11 Å². The molecule has 0 heterocycles. The van der Waals surface area contributed by atoms with Gasteiger partial charge in [0.15, 0.2) is 0 Å². The van der Waals surface area contributed by atoms with Crippen molar-refractivity contribution >= 4 is 10.8 Å². The van der Waals surface area contributed by atoms with Crippen molar-refractivity contribution in [3.63, 3.8) is 0 Å². The van der Waals surface area contributed by atoms with Crippen molar-refractivity contribution in [3.8, 4) is 5.75 Å². The van der Waals surface area contributed by atoms with Crippen LogP contribution in [-0.2, 0) is 0 Å². The van der Waals surface area contributed by atoms with Crippen molar-refractivity contribution in [3.05, 3.63) is 77.9 Å². The van der Waals surface area contributed by atoms with Crippen LogP contribution in [0, 0.1) is 6.92 Å². The van der Waals surface area contributed by atoms with Crippen molar-refractivity contribution in [2.45, 2.75) is 13.0 Å². The molecular weight excluding hydrogens is 260 g/mol. The Kier molecular flexibility index (Phi) is 3.89. The molecule has 0 aromatic heterocycles. The van der Waals surface area contributed by atoms with E-state index in [0.717, 1.165) is 22.3 Å². The molecule has 2 heteroatoms. The number of ether oxygens (including phenoxy) is 1. The monoisotopic (exact) mass is 278 g/mol. The second kappa shape index (κ2) is 5.98. The lowest BCUT2D eigenvalue weighted by Crippen LogP contribution is -2.09. The first-order chi connectivity index (χ1) is 10.2. The maximum absolute atomic E-state index is 10.3. The Labute approximate surface area is 124 Å². The molecule has 1 N–H and O–H groups in total. The van der Waals surface area contributed by atoms with Crippen LogP contribution >= 0.6 is 0 Å². The highest BCUT2D eigenvalue weighted by Gasteiger charge is 2.09. The molecule has 106 valence electrons. The molecule has 0 saturated carbocycles. The highest BCUT2D eigenvalue weighted by Crippen LogP contribution is 2.21. The Morgan fingerprint density at radius 1 is 0.905 bits per heavy atom. The van der Waals surface area contributed by atoms with Crippen LogP contribution in [0.3, 0.4) is 0 Å². The molecule has 3 aromatic rings. The molecule has 0 radical (unpaired) electrons. The summed E-state index contributed by atoms with van der Waals surface area (Å²) in [6.45, 7) is 2.27. The van der Waals surface area contributed by atoms with E-state index in [2.05, 4.69) is 6.07 Å². The number of fused-ring (bicyclic) bond motifs is 1. The number of hydrogen-bond acceptors (Lipinski definition) is 2. The van der Waals surface area contributed by atoms with Crippen molar-refractivity contribution in [2.24, 2.45) is 0 Å². The smallest absolute Gasteiger partial charge is 0.119 e. The normalized spacial score (nSPS) is 12.3. The summed E-state index contributed by atoms with van der Waals surface area (Å²) in [4.78, 5) is 0. The van der Waals surface area contributed by atoms with E-state index in [4.69, 9.17) is 4.74 Å². The molecule has 2 nitrogen and oxygen atoms in total. The number of aryl methyl sites for hydroxylation is 1. The zero-order chi connectivity index (χ0) is 14.7. The molecule has 3 rings (SSSR count). The minimum atomic E-state index is -0.630. The van der Waals surface area contributed by atoms with Gasteiger partial charge in [0.05, 0.1) is 0 Å². The second-order valence-electron chi connectivity index (χ2n) is 5.25. The summed E-state index contributed by atoms with van der Waals surface area (Å²) >= 11 is 0. The summed E-state index contributed by atoms with van der Waals surface area (Å²) in [6.07, 6.45) is -0.630. The van der Waals surface area contributed by atoms with Crippen LogP contribution in [0.15, 0.2) is 66.7 Å². The molecule has 0 spiro atoms. The van der Waals surface area contributed by atoms with Crippen LogP contribution in [-0.4, -0.2) is 11.7 Å². The molecule has 0 saturated heterocycles. The van der Waals surface area contributed by atoms with Crippen molar-refractivity contribution < 1.29 is 9.84 Å². The average molecular weight is 278 g/mol. The Balaban J connectivity index is 1.73. The molecule has 21 heavy (non-hydrogen) atoms. The van der Waals surface area contributed by atoms with Crippen molar-refractivity contribution in [1.29, 1.82) is 0 Å². The summed E-state index contributed by atoms with van der Waals surface area (Å²) in [5.41, 5.74) is 2.02. The van der Waals surface area contributed by atoms with Gasteiger partial charge in [-0.25, -0.2) is 0 Å². The molecule has 0 bridgehead atoms. The predicted molar refractivity (Wildman–Crippen MR) is 85.6 cm³/mol. The Morgan fingerprint density at radius 2 is 1.71 bits per heavy atom. The van der Waals surface area contributed by atoms with Gasteiger partial charge >= 0.3 is 0 Å². The van der Waals surface area contributed by atoms with E-state index in [0.29, 0.717) is 0 Å². The first-order valence-electron chi connectivity index (χ1n) is 7.08. The van der Waals surface area contributed by atoms with Gasteiger partial charge in [-0.1, -0.05) is 48.5 Å². The number of aliphatic hydroxyl groups is 1. The second-order valence-corrected chi connectivity index (χ2v) is 5.25. The lowest BCUT2D eigenvalue weighted by Gasteiger charge is -2.13. The fourth-order valence-electron chi connectivity index (χ4n) is 2.39. The van der Waals surface area contributed by atoms with Crippen LogP contribution in [0.25, 0.3) is 10.8 Å². The van der Waals surface area contributed by atoms with Gasteiger partial charge in [-0.2, -0.15) is 0 Å². The SMILES string of the molecule is Cc1cccc(OCC(O)c2ccc3ccccc3c2)c1. The van der Waals surface area contributed by atoms with Gasteiger partial charge in [0, 0.05) is 0 Å². The van der Waals surface area contributed by atoms with Gasteiger partial charge in [-0.05, 0) is 47.0 Å². The molecule has 0 aliphatic rings. The Bertz CT molecular complexity index is 749. The minimum absolute atomic E-state index is 0.252. The molecular formula is C19H18O2. The third-order valence-electron chi connectivity index (χ3n) is 3.56. The topological polar surface area (TPSA) is 29.5 Å². The van der Waals surface area contributed by atoms with Crippen LogP contribution in [0.5, 0.6) is 5.75 Å². The average Bonchev–Trinajstić information content (AvgIpc) is 2.52. The Morgan fingerprint density at radius 3 is 2.52 bits per heavy atom. The fraction of sp³-hybridized carbons (Fsp3) is 0.158. The summed E-state index contributed by atoms with van der Waals surface area (Å²) in [7, 11) is 0. The third-order valence-corrected chi connectivity index (χ3v) is 3.56. The fourth-order valence-corrected chi connectivity index (χ4v) is 2.39. The lowest BCUT2D eigenvalue weighted by atomic mass is 10.0. The van der Waals surface area contributed by atoms with Gasteiger partial charge in [-0.15, -0.1) is 0 Å². The van der Waals surface area contributed by atoms with Crippen LogP contribution in [0.4, 0.5) is 0 Å². The van der Waals surface area contributed by atoms with E-state index in [-0.39, 0.29) is 6.61 Å². The quantitative estimate of drug-likeness (QED) is 0.772. The number of benzene rings is 3. The van der Waals surface area contributed by atoms with Crippen LogP contribution in [0.1, 0.15) is 17.2 Å². The molecule has 1 atom stereocenters. The number of aliphatic hydroxyl groups excluding tert-OH is 1. The van der Waals surface area contributed by atoms with E-state index in [1.54, 1.807) is 0 Å². The third kappa shape index (κ3) is 3.23. The summed E-state index contributed by atoms with van der Waals surface area (Å²) in [5, 5.41) is 12.6. The summed E-state index contributed by atoms with van der Waals surface area (Å²) in [5.74, 6) is 0.787. The number of rotatable bonds is 4. The number of hydrogen-bond donors (Lipinski definition) is 1. The van der Waals surface area contributed by atoms with Crippen LogP contribution < -0.4 is 4.74 Å². The largest absolute Gasteiger partial charge is 0.491 e. The van der Waals surface area contributed by atoms with Crippen molar-refractivity contribution in [1.82, 2.24) is 0 Å². The molecule has 0 aliphatic carbocycles. The molecule has 1 unspecified atom stereocenters. The maximum Gasteiger partial charge on any atom is 0.119 e. The first-order valence-corrected chi connectivity index (χ1v) is 7.08. The van der Waals surface area contributed by atoms with Gasteiger partial charge in [-0.3, -0.25) is 0 Å². The molecule has 0 fully saturated rings. The predicted octanol–water partition coefficient (Wildman–Crippen LogP) is 4.26. The Hall–Kier alpha value is -2.32. The van der Waals surface area contributed by atoms with Gasteiger partial charge in [0.2, 0.25) is 0 Å². The van der Waals surface area contributed by atoms with Gasteiger partial charge in [0.1, 0.15) is 18.5 Å². The van der Waals surface area contributed by atoms with E-state index in [1.165, 1.54) is 5.39 Å².